The molecule has 2 atom stereocenters. The smallest absolute Gasteiger partial charge is 0.0499 e. The Balaban J connectivity index is 4.76. The largest absolute Gasteiger partial charge is 0.381 e. The van der Waals surface area contributed by atoms with Crippen LogP contribution < -0.4 is 0 Å². The van der Waals surface area contributed by atoms with Gasteiger partial charge in [-0.3, -0.25) is 0 Å². The molecule has 0 spiro atoms. The van der Waals surface area contributed by atoms with Crippen LogP contribution in [0.15, 0.2) is 0 Å². The van der Waals surface area contributed by atoms with Crippen LogP contribution in [0, 0.1) is 33.5 Å². The van der Waals surface area contributed by atoms with Crippen LogP contribution in [0.3, 0.4) is 0 Å². The molecule has 0 aromatic heterocycles. The van der Waals surface area contributed by atoms with Crippen LogP contribution in [-0.4, -0.2) is 13.2 Å². The first-order valence-corrected chi connectivity index (χ1v) is 9.49. The molecule has 23 heavy (non-hydrogen) atoms. The van der Waals surface area contributed by atoms with Gasteiger partial charge in [0.15, 0.2) is 0 Å². The fourth-order valence-corrected chi connectivity index (χ4v) is 3.06. The van der Waals surface area contributed by atoms with Gasteiger partial charge in [-0.2, -0.15) is 0 Å². The van der Waals surface area contributed by atoms with Crippen molar-refractivity contribution in [3.63, 3.8) is 0 Å². The summed E-state index contributed by atoms with van der Waals surface area (Å²) in [6.45, 7) is 29.9. The lowest BCUT2D eigenvalue weighted by molar-refractivity contribution is -0.0105. The molecule has 0 fully saturated rings. The highest BCUT2D eigenvalue weighted by atomic mass is 16.5. The lowest BCUT2D eigenvalue weighted by Gasteiger charge is -2.38. The second-order valence-corrected chi connectivity index (χ2v) is 12.2. The van der Waals surface area contributed by atoms with Crippen LogP contribution in [0.1, 0.15) is 95.9 Å². The van der Waals surface area contributed by atoms with Crippen LogP contribution >= 0.6 is 0 Å². The fourth-order valence-electron chi connectivity index (χ4n) is 3.06. The average Bonchev–Trinajstić information content (AvgIpc) is 2.20. The Morgan fingerprint density at radius 2 is 0.783 bits per heavy atom. The van der Waals surface area contributed by atoms with E-state index in [-0.39, 0.29) is 0 Å². The van der Waals surface area contributed by atoms with Gasteiger partial charge in [-0.25, -0.2) is 0 Å². The van der Waals surface area contributed by atoms with Crippen molar-refractivity contribution in [2.45, 2.75) is 95.9 Å². The van der Waals surface area contributed by atoms with Crippen molar-refractivity contribution in [2.24, 2.45) is 33.5 Å². The van der Waals surface area contributed by atoms with E-state index in [0.717, 1.165) is 13.2 Å². The van der Waals surface area contributed by atoms with Crippen molar-refractivity contribution in [1.29, 1.82) is 0 Å². The van der Waals surface area contributed by atoms with Gasteiger partial charge >= 0.3 is 0 Å². The van der Waals surface area contributed by atoms with E-state index in [2.05, 4.69) is 83.1 Å². The average molecular weight is 327 g/mol. The molecule has 0 heterocycles. The minimum atomic E-state index is 0.300. The zero-order valence-corrected chi connectivity index (χ0v) is 18.4. The summed E-state index contributed by atoms with van der Waals surface area (Å²) in [4.78, 5) is 0. The molecule has 0 N–H and O–H groups in total. The molecule has 0 saturated carbocycles. The van der Waals surface area contributed by atoms with Gasteiger partial charge in [0.05, 0.1) is 0 Å². The Morgan fingerprint density at radius 1 is 0.522 bits per heavy atom. The van der Waals surface area contributed by atoms with Crippen molar-refractivity contribution in [1.82, 2.24) is 0 Å². The van der Waals surface area contributed by atoms with Gasteiger partial charge in [-0.1, -0.05) is 83.1 Å². The first-order chi connectivity index (χ1) is 9.92. The van der Waals surface area contributed by atoms with Gasteiger partial charge in [-0.15, -0.1) is 0 Å². The molecule has 1 heteroatoms. The molecule has 1 nitrogen and oxygen atoms in total. The number of rotatable bonds is 6. The van der Waals surface area contributed by atoms with Crippen molar-refractivity contribution in [3.8, 4) is 0 Å². The molecular weight excluding hydrogens is 280 g/mol. The van der Waals surface area contributed by atoms with Gasteiger partial charge < -0.3 is 4.74 Å². The van der Waals surface area contributed by atoms with Gasteiger partial charge in [0.2, 0.25) is 0 Å². The van der Waals surface area contributed by atoms with E-state index in [1.807, 2.05) is 0 Å². The Bertz CT molecular complexity index is 293. The van der Waals surface area contributed by atoms with E-state index in [9.17, 15) is 0 Å². The summed E-state index contributed by atoms with van der Waals surface area (Å²) in [5.41, 5.74) is 1.31. The van der Waals surface area contributed by atoms with E-state index in [1.165, 1.54) is 12.8 Å². The summed E-state index contributed by atoms with van der Waals surface area (Å²) >= 11 is 0. The van der Waals surface area contributed by atoms with Crippen molar-refractivity contribution in [3.05, 3.63) is 0 Å². The predicted octanol–water partition coefficient (Wildman–Crippen LogP) is 7.20. The molecule has 0 aliphatic heterocycles. The fraction of sp³-hybridized carbons (Fsp3) is 1.00. The highest BCUT2D eigenvalue weighted by molar-refractivity contribution is 4.81. The van der Waals surface area contributed by atoms with Crippen LogP contribution in [0.4, 0.5) is 0 Å². The molecule has 2 unspecified atom stereocenters. The maximum Gasteiger partial charge on any atom is 0.0499 e. The first-order valence-electron chi connectivity index (χ1n) is 9.49. The Kier molecular flexibility index (Phi) is 7.88. The van der Waals surface area contributed by atoms with Gasteiger partial charge in [0, 0.05) is 13.2 Å². The summed E-state index contributed by atoms with van der Waals surface area (Å²) in [5.74, 6) is 1.22. The minimum absolute atomic E-state index is 0.300. The second-order valence-electron chi connectivity index (χ2n) is 12.2. The van der Waals surface area contributed by atoms with Gasteiger partial charge in [-0.05, 0) is 46.3 Å². The van der Waals surface area contributed by atoms with Crippen LogP contribution in [-0.2, 0) is 4.74 Å². The summed E-state index contributed by atoms with van der Waals surface area (Å²) in [6, 6.07) is 0. The zero-order chi connectivity index (χ0) is 18.7. The third kappa shape index (κ3) is 11.2. The number of hydrogen-bond donors (Lipinski definition) is 0. The molecule has 0 amide bonds. The van der Waals surface area contributed by atoms with E-state index in [0.29, 0.717) is 33.5 Å². The number of ether oxygens (including phenoxy) is 1. The lowest BCUT2D eigenvalue weighted by atomic mass is 9.72. The molecule has 0 rings (SSSR count). The molecule has 140 valence electrons. The van der Waals surface area contributed by atoms with E-state index < -0.39 is 0 Å². The Morgan fingerprint density at radius 3 is 0.957 bits per heavy atom. The summed E-state index contributed by atoms with van der Waals surface area (Å²) in [7, 11) is 0. The summed E-state index contributed by atoms with van der Waals surface area (Å²) in [6.07, 6.45) is 2.44. The van der Waals surface area contributed by atoms with Crippen LogP contribution in [0.25, 0.3) is 0 Å². The molecular formula is C22H46O. The lowest BCUT2D eigenvalue weighted by Crippen LogP contribution is -2.33. The highest BCUT2D eigenvalue weighted by Gasteiger charge is 2.32. The molecule has 0 aromatic carbocycles. The zero-order valence-electron chi connectivity index (χ0n) is 18.4. The van der Waals surface area contributed by atoms with Crippen LogP contribution in [0.2, 0.25) is 0 Å². The third-order valence-corrected chi connectivity index (χ3v) is 4.81. The molecule has 0 aromatic rings. The predicted molar refractivity (Wildman–Crippen MR) is 105 cm³/mol. The quantitative estimate of drug-likeness (QED) is 0.501. The first kappa shape index (κ1) is 23.0. The molecule has 0 aliphatic carbocycles. The van der Waals surface area contributed by atoms with E-state index in [1.54, 1.807) is 0 Å². The Labute approximate surface area is 148 Å². The number of hydrogen-bond acceptors (Lipinski definition) is 1. The van der Waals surface area contributed by atoms with Crippen molar-refractivity contribution < 1.29 is 4.74 Å². The highest BCUT2D eigenvalue weighted by Crippen LogP contribution is 2.38. The molecule has 0 aliphatic rings. The SMILES string of the molecule is CC(C)(C)CC(COCC(CC(C)(C)C)C(C)(C)C)C(C)(C)C. The summed E-state index contributed by atoms with van der Waals surface area (Å²) in [5, 5.41) is 0. The van der Waals surface area contributed by atoms with Gasteiger partial charge in [0.25, 0.3) is 0 Å². The van der Waals surface area contributed by atoms with Crippen molar-refractivity contribution >= 4 is 0 Å². The Hall–Kier alpha value is -0.0400. The van der Waals surface area contributed by atoms with E-state index >= 15 is 0 Å². The maximum atomic E-state index is 6.30. The second kappa shape index (κ2) is 7.89. The minimum Gasteiger partial charge on any atom is -0.381 e. The standard InChI is InChI=1S/C22H46O/c1-19(2,3)13-17(21(7,8)9)15-23-16-18(22(10,11)12)14-20(4,5)6/h17-18H,13-16H2,1-12H3. The van der Waals surface area contributed by atoms with Crippen molar-refractivity contribution in [2.75, 3.05) is 13.2 Å². The van der Waals surface area contributed by atoms with Crippen LogP contribution in [0.5, 0.6) is 0 Å². The third-order valence-electron chi connectivity index (χ3n) is 4.81. The van der Waals surface area contributed by atoms with E-state index in [4.69, 9.17) is 4.74 Å². The topological polar surface area (TPSA) is 9.23 Å². The van der Waals surface area contributed by atoms with Gasteiger partial charge in [0.1, 0.15) is 0 Å². The maximum absolute atomic E-state index is 6.30. The monoisotopic (exact) mass is 326 g/mol. The molecule has 0 radical (unpaired) electrons. The molecule has 0 bridgehead atoms. The normalized spacial score (nSPS) is 17.2. The molecule has 0 saturated heterocycles. The summed E-state index contributed by atoms with van der Waals surface area (Å²) < 4.78 is 6.30.